The number of carboxylic acids is 1. The summed E-state index contributed by atoms with van der Waals surface area (Å²) in [4.78, 5) is 15.8. The van der Waals surface area contributed by atoms with Crippen LogP contribution in [0.15, 0.2) is 0 Å². The van der Waals surface area contributed by atoms with E-state index < -0.39 is 5.97 Å². The molecule has 1 unspecified atom stereocenters. The molecule has 1 aromatic rings. The van der Waals surface area contributed by atoms with Crippen molar-refractivity contribution < 1.29 is 9.90 Å². The topological polar surface area (TPSA) is 93.2 Å². The van der Waals surface area contributed by atoms with Crippen molar-refractivity contribution in [2.45, 2.75) is 44.2 Å². The molecule has 0 saturated carbocycles. The lowest BCUT2D eigenvalue weighted by Gasteiger charge is -2.28. The van der Waals surface area contributed by atoms with Gasteiger partial charge in [-0.15, -0.1) is 0 Å². The number of carboxylic acid groups (broad SMARTS) is 1. The predicted octanol–water partition coefficient (Wildman–Crippen LogP) is 0.842. The zero-order valence-electron chi connectivity index (χ0n) is 10.9. The van der Waals surface area contributed by atoms with Gasteiger partial charge in [-0.3, -0.25) is 0 Å². The summed E-state index contributed by atoms with van der Waals surface area (Å²) in [5.74, 6) is 0.288. The lowest BCUT2D eigenvalue weighted by Crippen LogP contribution is -2.31. The zero-order valence-corrected chi connectivity index (χ0v) is 10.9. The van der Waals surface area contributed by atoms with Crippen molar-refractivity contribution in [3.05, 3.63) is 17.2 Å². The van der Waals surface area contributed by atoms with Crippen molar-refractivity contribution >= 4 is 5.97 Å². The molecule has 2 aliphatic rings. The molecule has 6 heteroatoms. The minimum atomic E-state index is -0.932. The van der Waals surface area contributed by atoms with Crippen molar-refractivity contribution in [3.63, 3.8) is 0 Å². The van der Waals surface area contributed by atoms with E-state index in [1.165, 1.54) is 0 Å². The number of nitrogens with two attached hydrogens (primary N) is 1. The van der Waals surface area contributed by atoms with E-state index in [0.717, 1.165) is 56.7 Å². The SMILES string of the molecule is NC1CCCc2c(C(=O)O)nc(C3CCNCC3)n21. The number of nitrogens with one attached hydrogen (secondary N) is 1. The molecule has 0 radical (unpaired) electrons. The van der Waals surface area contributed by atoms with Crippen LogP contribution in [-0.2, 0) is 6.42 Å². The molecule has 1 atom stereocenters. The first-order chi connectivity index (χ1) is 9.18. The fourth-order valence-electron chi connectivity index (χ4n) is 3.24. The van der Waals surface area contributed by atoms with Gasteiger partial charge in [-0.1, -0.05) is 0 Å². The Balaban J connectivity index is 2.05. The fourth-order valence-corrected chi connectivity index (χ4v) is 3.24. The maximum atomic E-state index is 11.3. The minimum absolute atomic E-state index is 0.116. The average Bonchev–Trinajstić information content (AvgIpc) is 2.81. The molecule has 3 rings (SSSR count). The number of imidazole rings is 1. The number of nitrogens with zero attached hydrogens (tertiary/aromatic N) is 2. The normalized spacial score (nSPS) is 24.2. The summed E-state index contributed by atoms with van der Waals surface area (Å²) in [5.41, 5.74) is 7.21. The molecule has 1 aromatic heterocycles. The van der Waals surface area contributed by atoms with Gasteiger partial charge in [-0.05, 0) is 45.2 Å². The Labute approximate surface area is 112 Å². The van der Waals surface area contributed by atoms with Crippen LogP contribution >= 0.6 is 0 Å². The van der Waals surface area contributed by atoms with E-state index >= 15 is 0 Å². The standard InChI is InChI=1S/C13H20N4O2/c14-10-3-1-2-9-11(13(18)19)16-12(17(9)10)8-4-6-15-7-5-8/h8,10,15H,1-7,14H2,(H,18,19). The molecule has 0 spiro atoms. The monoisotopic (exact) mass is 264 g/mol. The van der Waals surface area contributed by atoms with Gasteiger partial charge in [0.25, 0.3) is 0 Å². The Morgan fingerprint density at radius 1 is 1.37 bits per heavy atom. The van der Waals surface area contributed by atoms with Crippen LogP contribution in [0.5, 0.6) is 0 Å². The summed E-state index contributed by atoms with van der Waals surface area (Å²) in [6.45, 7) is 1.93. The highest BCUT2D eigenvalue weighted by Gasteiger charge is 2.31. The van der Waals surface area contributed by atoms with Crippen LogP contribution in [0.25, 0.3) is 0 Å². The van der Waals surface area contributed by atoms with Crippen LogP contribution in [0.2, 0.25) is 0 Å². The summed E-state index contributed by atoms with van der Waals surface area (Å²) in [5, 5.41) is 12.6. The van der Waals surface area contributed by atoms with Gasteiger partial charge in [-0.2, -0.15) is 0 Å². The van der Waals surface area contributed by atoms with Gasteiger partial charge in [0.15, 0.2) is 5.69 Å². The molecule has 4 N–H and O–H groups in total. The third kappa shape index (κ3) is 2.15. The Hall–Kier alpha value is -1.40. The van der Waals surface area contributed by atoms with Gasteiger partial charge in [0, 0.05) is 5.92 Å². The Bertz CT molecular complexity index is 491. The van der Waals surface area contributed by atoms with Crippen molar-refractivity contribution in [2.75, 3.05) is 13.1 Å². The molecule has 1 fully saturated rings. The second-order valence-electron chi connectivity index (χ2n) is 5.42. The maximum Gasteiger partial charge on any atom is 0.356 e. The largest absolute Gasteiger partial charge is 0.476 e. The van der Waals surface area contributed by atoms with Crippen LogP contribution in [0.4, 0.5) is 0 Å². The van der Waals surface area contributed by atoms with E-state index in [1.807, 2.05) is 4.57 Å². The van der Waals surface area contributed by atoms with Gasteiger partial charge < -0.3 is 20.7 Å². The zero-order chi connectivity index (χ0) is 13.4. The molecule has 104 valence electrons. The van der Waals surface area contributed by atoms with Gasteiger partial charge >= 0.3 is 5.97 Å². The van der Waals surface area contributed by atoms with Gasteiger partial charge in [0.2, 0.25) is 0 Å². The molecule has 0 aromatic carbocycles. The number of fused-ring (bicyclic) bond motifs is 1. The molecule has 0 aliphatic carbocycles. The van der Waals surface area contributed by atoms with E-state index in [9.17, 15) is 9.90 Å². The lowest BCUT2D eigenvalue weighted by molar-refractivity contribution is 0.0689. The molecule has 6 nitrogen and oxygen atoms in total. The molecule has 3 heterocycles. The molecule has 2 aliphatic heterocycles. The van der Waals surface area contributed by atoms with Crippen molar-refractivity contribution in [3.8, 4) is 0 Å². The minimum Gasteiger partial charge on any atom is -0.476 e. The van der Waals surface area contributed by atoms with Crippen LogP contribution in [0.3, 0.4) is 0 Å². The van der Waals surface area contributed by atoms with Crippen molar-refractivity contribution in [1.82, 2.24) is 14.9 Å². The molecule has 0 bridgehead atoms. The Kier molecular flexibility index (Phi) is 3.28. The van der Waals surface area contributed by atoms with E-state index in [4.69, 9.17) is 5.73 Å². The predicted molar refractivity (Wildman–Crippen MR) is 70.2 cm³/mol. The number of rotatable bonds is 2. The number of aromatic nitrogens is 2. The van der Waals surface area contributed by atoms with E-state index in [0.29, 0.717) is 5.92 Å². The fraction of sp³-hybridized carbons (Fsp3) is 0.692. The summed E-state index contributed by atoms with van der Waals surface area (Å²) in [7, 11) is 0. The third-order valence-electron chi connectivity index (χ3n) is 4.19. The summed E-state index contributed by atoms with van der Waals surface area (Å²) in [6.07, 6.45) is 4.51. The third-order valence-corrected chi connectivity index (χ3v) is 4.19. The quantitative estimate of drug-likeness (QED) is 0.736. The van der Waals surface area contributed by atoms with E-state index in [-0.39, 0.29) is 11.9 Å². The summed E-state index contributed by atoms with van der Waals surface area (Å²) in [6, 6.07) is 0. The highest BCUT2D eigenvalue weighted by atomic mass is 16.4. The number of hydrogen-bond acceptors (Lipinski definition) is 4. The second-order valence-corrected chi connectivity index (χ2v) is 5.42. The highest BCUT2D eigenvalue weighted by molar-refractivity contribution is 5.87. The van der Waals surface area contributed by atoms with E-state index in [1.54, 1.807) is 0 Å². The Morgan fingerprint density at radius 2 is 2.11 bits per heavy atom. The number of carbonyl (C=O) groups is 1. The first-order valence-corrected chi connectivity index (χ1v) is 6.99. The van der Waals surface area contributed by atoms with Gasteiger partial charge in [-0.25, -0.2) is 9.78 Å². The average molecular weight is 264 g/mol. The van der Waals surface area contributed by atoms with Crippen molar-refractivity contribution in [1.29, 1.82) is 0 Å². The number of aromatic carboxylic acids is 1. The molecular formula is C13H20N4O2. The molecule has 1 saturated heterocycles. The van der Waals surface area contributed by atoms with Gasteiger partial charge in [0.1, 0.15) is 5.82 Å². The van der Waals surface area contributed by atoms with Crippen molar-refractivity contribution in [2.24, 2.45) is 5.73 Å². The van der Waals surface area contributed by atoms with Crippen LogP contribution < -0.4 is 11.1 Å². The molecule has 0 amide bonds. The first-order valence-electron chi connectivity index (χ1n) is 6.99. The number of hydrogen-bond donors (Lipinski definition) is 3. The van der Waals surface area contributed by atoms with E-state index in [2.05, 4.69) is 10.3 Å². The highest BCUT2D eigenvalue weighted by Crippen LogP contribution is 2.32. The maximum absolute atomic E-state index is 11.3. The molecule has 19 heavy (non-hydrogen) atoms. The Morgan fingerprint density at radius 3 is 2.79 bits per heavy atom. The lowest BCUT2D eigenvalue weighted by atomic mass is 9.96. The van der Waals surface area contributed by atoms with Crippen LogP contribution in [-0.4, -0.2) is 33.7 Å². The summed E-state index contributed by atoms with van der Waals surface area (Å²) < 4.78 is 2.00. The van der Waals surface area contributed by atoms with Crippen LogP contribution in [0.1, 0.15) is 59.8 Å². The molecular weight excluding hydrogens is 244 g/mol. The number of piperidine rings is 1. The second kappa shape index (κ2) is 4.94. The smallest absolute Gasteiger partial charge is 0.356 e. The first kappa shape index (κ1) is 12.6. The summed E-state index contributed by atoms with van der Waals surface area (Å²) >= 11 is 0. The van der Waals surface area contributed by atoms with Crippen LogP contribution in [0, 0.1) is 0 Å². The van der Waals surface area contributed by atoms with Gasteiger partial charge in [0.05, 0.1) is 11.9 Å².